The second kappa shape index (κ2) is 7.63. The van der Waals surface area contributed by atoms with E-state index in [0.717, 1.165) is 25.1 Å². The number of amides is 1. The molecule has 0 aliphatic heterocycles. The predicted molar refractivity (Wildman–Crippen MR) is 71.4 cm³/mol. The van der Waals surface area contributed by atoms with Gasteiger partial charge in [0.05, 0.1) is 0 Å². The van der Waals surface area contributed by atoms with Crippen molar-refractivity contribution in [3.63, 3.8) is 0 Å². The average molecular weight is 232 g/mol. The molecule has 1 amide bonds. The van der Waals surface area contributed by atoms with Gasteiger partial charge in [0, 0.05) is 19.2 Å². The van der Waals surface area contributed by atoms with E-state index < -0.39 is 0 Å². The smallest absolute Gasteiger partial charge is 0.246 e. The van der Waals surface area contributed by atoms with Crippen LogP contribution in [-0.2, 0) is 4.79 Å². The lowest BCUT2D eigenvalue weighted by Crippen LogP contribution is -2.31. The molecule has 0 saturated carbocycles. The lowest BCUT2D eigenvalue weighted by atomic mass is 10.2. The van der Waals surface area contributed by atoms with Crippen LogP contribution in [0.4, 0.5) is 0 Å². The molecule has 0 aromatic heterocycles. The molecule has 0 radical (unpaired) electrons. The summed E-state index contributed by atoms with van der Waals surface area (Å²) >= 11 is 0. The summed E-state index contributed by atoms with van der Waals surface area (Å²) in [6, 6.07) is 9.81. The van der Waals surface area contributed by atoms with Crippen molar-refractivity contribution in [2.24, 2.45) is 5.73 Å². The summed E-state index contributed by atoms with van der Waals surface area (Å²) in [5.41, 5.74) is 6.48. The first-order valence-corrected chi connectivity index (χ1v) is 6.00. The predicted octanol–water partition coefficient (Wildman–Crippen LogP) is 1.90. The van der Waals surface area contributed by atoms with Gasteiger partial charge < -0.3 is 10.6 Å². The average Bonchev–Trinajstić information content (AvgIpc) is 2.38. The number of nitrogens with two attached hydrogens (primary N) is 1. The number of carbonyl (C=O) groups is 1. The Morgan fingerprint density at radius 1 is 1.35 bits per heavy atom. The summed E-state index contributed by atoms with van der Waals surface area (Å²) in [6.45, 7) is 4.04. The molecule has 0 heterocycles. The maximum absolute atomic E-state index is 11.9. The van der Waals surface area contributed by atoms with Crippen LogP contribution in [-0.4, -0.2) is 30.4 Å². The molecule has 0 fully saturated rings. The molecule has 0 saturated heterocycles. The van der Waals surface area contributed by atoms with E-state index in [0.29, 0.717) is 6.54 Å². The Bertz CT molecular complexity index is 360. The summed E-state index contributed by atoms with van der Waals surface area (Å²) in [4.78, 5) is 13.6. The minimum absolute atomic E-state index is 0.0461. The van der Waals surface area contributed by atoms with Crippen molar-refractivity contribution in [1.29, 1.82) is 0 Å². The molecule has 0 aliphatic carbocycles. The van der Waals surface area contributed by atoms with Crippen LogP contribution in [0.1, 0.15) is 18.9 Å². The third kappa shape index (κ3) is 4.83. The Morgan fingerprint density at radius 3 is 2.65 bits per heavy atom. The van der Waals surface area contributed by atoms with E-state index in [1.165, 1.54) is 0 Å². The molecule has 0 spiro atoms. The highest BCUT2D eigenvalue weighted by Crippen LogP contribution is 2.02. The van der Waals surface area contributed by atoms with E-state index in [1.807, 2.05) is 43.3 Å². The first-order chi connectivity index (χ1) is 8.27. The minimum atomic E-state index is 0.0461. The molecule has 2 N–H and O–H groups in total. The van der Waals surface area contributed by atoms with Gasteiger partial charge in [0.2, 0.25) is 5.91 Å². The van der Waals surface area contributed by atoms with Crippen molar-refractivity contribution in [3.8, 4) is 0 Å². The summed E-state index contributed by atoms with van der Waals surface area (Å²) in [7, 11) is 0. The van der Waals surface area contributed by atoms with Crippen LogP contribution in [0.2, 0.25) is 0 Å². The van der Waals surface area contributed by atoms with E-state index in [-0.39, 0.29) is 5.91 Å². The Labute approximate surface area is 103 Å². The second-order valence-electron chi connectivity index (χ2n) is 3.80. The number of rotatable bonds is 6. The Kier molecular flexibility index (Phi) is 6.04. The van der Waals surface area contributed by atoms with Gasteiger partial charge in [0.1, 0.15) is 0 Å². The van der Waals surface area contributed by atoms with Crippen molar-refractivity contribution in [1.82, 2.24) is 4.90 Å². The van der Waals surface area contributed by atoms with Gasteiger partial charge in [0.15, 0.2) is 0 Å². The molecule has 3 heteroatoms. The van der Waals surface area contributed by atoms with Crippen LogP contribution in [0.5, 0.6) is 0 Å². The summed E-state index contributed by atoms with van der Waals surface area (Å²) in [5.74, 6) is 0.0461. The molecular weight excluding hydrogens is 212 g/mol. The number of nitrogens with zero attached hydrogens (tertiary/aromatic N) is 1. The van der Waals surface area contributed by atoms with Crippen LogP contribution >= 0.6 is 0 Å². The van der Waals surface area contributed by atoms with Gasteiger partial charge in [-0.25, -0.2) is 0 Å². The Morgan fingerprint density at radius 2 is 2.06 bits per heavy atom. The first kappa shape index (κ1) is 13.5. The number of hydrogen-bond donors (Lipinski definition) is 1. The van der Waals surface area contributed by atoms with Crippen LogP contribution in [0, 0.1) is 0 Å². The minimum Gasteiger partial charge on any atom is -0.339 e. The number of benzene rings is 1. The van der Waals surface area contributed by atoms with Crippen LogP contribution < -0.4 is 5.73 Å². The van der Waals surface area contributed by atoms with Gasteiger partial charge in [-0.15, -0.1) is 0 Å². The highest BCUT2D eigenvalue weighted by atomic mass is 16.2. The Balaban J connectivity index is 2.55. The van der Waals surface area contributed by atoms with E-state index in [9.17, 15) is 4.79 Å². The summed E-state index contributed by atoms with van der Waals surface area (Å²) < 4.78 is 0. The zero-order valence-electron chi connectivity index (χ0n) is 10.3. The zero-order chi connectivity index (χ0) is 12.5. The molecule has 1 rings (SSSR count). The van der Waals surface area contributed by atoms with Crippen molar-refractivity contribution in [2.75, 3.05) is 19.6 Å². The topological polar surface area (TPSA) is 46.3 Å². The SMILES string of the molecule is CCN(CCCN)C(=O)/C=C/c1ccccc1. The quantitative estimate of drug-likeness (QED) is 0.761. The van der Waals surface area contributed by atoms with Crippen LogP contribution in [0.15, 0.2) is 36.4 Å². The fourth-order valence-electron chi connectivity index (χ4n) is 1.54. The molecule has 0 aliphatic rings. The lowest BCUT2D eigenvalue weighted by molar-refractivity contribution is -0.125. The van der Waals surface area contributed by atoms with Gasteiger partial charge in [0.25, 0.3) is 0 Å². The molecule has 17 heavy (non-hydrogen) atoms. The molecule has 0 bridgehead atoms. The van der Waals surface area contributed by atoms with Crippen molar-refractivity contribution in [2.45, 2.75) is 13.3 Å². The monoisotopic (exact) mass is 232 g/mol. The van der Waals surface area contributed by atoms with Gasteiger partial charge in [-0.05, 0) is 31.5 Å². The molecule has 1 aromatic rings. The number of carbonyl (C=O) groups excluding carboxylic acids is 1. The molecular formula is C14H20N2O. The van der Waals surface area contributed by atoms with E-state index >= 15 is 0 Å². The van der Waals surface area contributed by atoms with Gasteiger partial charge in [-0.3, -0.25) is 4.79 Å². The fourth-order valence-corrected chi connectivity index (χ4v) is 1.54. The van der Waals surface area contributed by atoms with Gasteiger partial charge >= 0.3 is 0 Å². The molecule has 1 aromatic carbocycles. The van der Waals surface area contributed by atoms with E-state index in [2.05, 4.69) is 0 Å². The third-order valence-corrected chi connectivity index (χ3v) is 2.54. The molecule has 92 valence electrons. The Hall–Kier alpha value is -1.61. The highest BCUT2D eigenvalue weighted by molar-refractivity contribution is 5.91. The van der Waals surface area contributed by atoms with Crippen molar-refractivity contribution in [3.05, 3.63) is 42.0 Å². The lowest BCUT2D eigenvalue weighted by Gasteiger charge is -2.18. The third-order valence-electron chi connectivity index (χ3n) is 2.54. The van der Waals surface area contributed by atoms with Gasteiger partial charge in [-0.1, -0.05) is 30.3 Å². The van der Waals surface area contributed by atoms with Crippen molar-refractivity contribution >= 4 is 12.0 Å². The maximum Gasteiger partial charge on any atom is 0.246 e. The van der Waals surface area contributed by atoms with Crippen LogP contribution in [0.25, 0.3) is 6.08 Å². The molecule has 0 unspecified atom stereocenters. The van der Waals surface area contributed by atoms with E-state index in [1.54, 1.807) is 11.0 Å². The van der Waals surface area contributed by atoms with Gasteiger partial charge in [-0.2, -0.15) is 0 Å². The zero-order valence-corrected chi connectivity index (χ0v) is 10.3. The molecule has 0 atom stereocenters. The second-order valence-corrected chi connectivity index (χ2v) is 3.80. The normalized spacial score (nSPS) is 10.7. The van der Waals surface area contributed by atoms with E-state index in [4.69, 9.17) is 5.73 Å². The van der Waals surface area contributed by atoms with Crippen molar-refractivity contribution < 1.29 is 4.79 Å². The maximum atomic E-state index is 11.9. The first-order valence-electron chi connectivity index (χ1n) is 6.00. The standard InChI is InChI=1S/C14H20N2O/c1-2-16(12-6-11-15)14(17)10-9-13-7-4-3-5-8-13/h3-5,7-10H,2,6,11-12,15H2,1H3/b10-9+. The van der Waals surface area contributed by atoms with Crippen LogP contribution in [0.3, 0.4) is 0 Å². The number of hydrogen-bond acceptors (Lipinski definition) is 2. The fraction of sp³-hybridized carbons (Fsp3) is 0.357. The number of likely N-dealkylation sites (N-methyl/N-ethyl adjacent to an activating group) is 1. The highest BCUT2D eigenvalue weighted by Gasteiger charge is 2.06. The largest absolute Gasteiger partial charge is 0.339 e. The molecule has 3 nitrogen and oxygen atoms in total. The summed E-state index contributed by atoms with van der Waals surface area (Å²) in [5, 5.41) is 0. The summed E-state index contributed by atoms with van der Waals surface area (Å²) in [6.07, 6.45) is 4.31.